The van der Waals surface area contributed by atoms with Gasteiger partial charge in [0.05, 0.1) is 11.5 Å². The lowest BCUT2D eigenvalue weighted by molar-refractivity contribution is -0.139. The van der Waals surface area contributed by atoms with Gasteiger partial charge in [-0.25, -0.2) is 13.2 Å². The standard InChI is InChI=1S/C20H23NO5S2/c22-19(12-26-20(23)18-11-14-5-1-4-8-17(14)27-18)21(15-6-2-3-7-15)16-9-10-28(24,25)13-16/h1,4-5,8,11,15-16H,2-3,6-7,9-10,12-13H2. The van der Waals surface area contributed by atoms with Gasteiger partial charge >= 0.3 is 5.97 Å². The van der Waals surface area contributed by atoms with E-state index in [1.807, 2.05) is 24.3 Å². The predicted molar refractivity (Wildman–Crippen MR) is 108 cm³/mol. The largest absolute Gasteiger partial charge is 0.451 e. The van der Waals surface area contributed by atoms with Crippen LogP contribution in [-0.2, 0) is 19.4 Å². The summed E-state index contributed by atoms with van der Waals surface area (Å²) in [4.78, 5) is 27.5. The Morgan fingerprint density at radius 3 is 2.54 bits per heavy atom. The Balaban J connectivity index is 1.44. The number of esters is 1. The molecule has 1 saturated carbocycles. The van der Waals surface area contributed by atoms with Crippen molar-refractivity contribution < 1.29 is 22.7 Å². The van der Waals surface area contributed by atoms with Crippen molar-refractivity contribution in [2.24, 2.45) is 0 Å². The molecule has 2 aliphatic rings. The van der Waals surface area contributed by atoms with E-state index in [-0.39, 0.29) is 36.1 Å². The maximum atomic E-state index is 12.9. The zero-order valence-corrected chi connectivity index (χ0v) is 17.1. The van der Waals surface area contributed by atoms with Crippen LogP contribution in [0.15, 0.2) is 30.3 Å². The van der Waals surface area contributed by atoms with Gasteiger partial charge in [0.25, 0.3) is 5.91 Å². The van der Waals surface area contributed by atoms with Crippen molar-refractivity contribution in [2.75, 3.05) is 18.1 Å². The third-order valence-corrected chi connectivity index (χ3v) is 8.41. The fraction of sp³-hybridized carbons (Fsp3) is 0.500. The summed E-state index contributed by atoms with van der Waals surface area (Å²) in [6.45, 7) is -0.347. The molecule has 1 aliphatic carbocycles. The molecule has 1 amide bonds. The summed E-state index contributed by atoms with van der Waals surface area (Å²) in [5.41, 5.74) is 0. The number of sulfone groups is 1. The molecule has 0 spiro atoms. The Kier molecular flexibility index (Phi) is 5.42. The van der Waals surface area contributed by atoms with Crippen LogP contribution in [0.1, 0.15) is 41.8 Å². The molecule has 1 saturated heterocycles. The van der Waals surface area contributed by atoms with Gasteiger partial charge in [-0.3, -0.25) is 4.79 Å². The Hall–Kier alpha value is -1.93. The Morgan fingerprint density at radius 2 is 1.86 bits per heavy atom. The topological polar surface area (TPSA) is 80.8 Å². The molecule has 0 N–H and O–H groups in total. The van der Waals surface area contributed by atoms with Crippen molar-refractivity contribution >= 4 is 43.1 Å². The highest BCUT2D eigenvalue weighted by Gasteiger charge is 2.39. The van der Waals surface area contributed by atoms with E-state index in [0.717, 1.165) is 35.8 Å². The second-order valence-corrected chi connectivity index (χ2v) is 10.8. The van der Waals surface area contributed by atoms with Gasteiger partial charge in [-0.05, 0) is 36.8 Å². The summed E-state index contributed by atoms with van der Waals surface area (Å²) in [5.74, 6) is -0.668. The highest BCUT2D eigenvalue weighted by Crippen LogP contribution is 2.30. The van der Waals surface area contributed by atoms with Crippen LogP contribution in [-0.4, -0.2) is 55.4 Å². The van der Waals surface area contributed by atoms with Gasteiger partial charge in [-0.15, -0.1) is 11.3 Å². The molecule has 4 rings (SSSR count). The first-order chi connectivity index (χ1) is 13.4. The summed E-state index contributed by atoms with van der Waals surface area (Å²) in [7, 11) is -3.09. The van der Waals surface area contributed by atoms with E-state index in [9.17, 15) is 18.0 Å². The number of carbonyl (C=O) groups is 2. The van der Waals surface area contributed by atoms with Gasteiger partial charge in [0.15, 0.2) is 16.4 Å². The minimum absolute atomic E-state index is 0.0134. The van der Waals surface area contributed by atoms with Crippen LogP contribution < -0.4 is 0 Å². The maximum Gasteiger partial charge on any atom is 0.348 e. The number of thiophene rings is 1. The lowest BCUT2D eigenvalue weighted by Gasteiger charge is -2.33. The van der Waals surface area contributed by atoms with Gasteiger partial charge in [-0.1, -0.05) is 31.0 Å². The van der Waals surface area contributed by atoms with Crippen molar-refractivity contribution in [3.05, 3.63) is 35.2 Å². The highest BCUT2D eigenvalue weighted by atomic mass is 32.2. The van der Waals surface area contributed by atoms with Gasteiger partial charge < -0.3 is 9.64 Å². The van der Waals surface area contributed by atoms with Gasteiger partial charge in [-0.2, -0.15) is 0 Å². The fourth-order valence-electron chi connectivity index (χ4n) is 4.24. The van der Waals surface area contributed by atoms with E-state index in [0.29, 0.717) is 11.3 Å². The molecule has 1 aliphatic heterocycles. The third kappa shape index (κ3) is 4.07. The van der Waals surface area contributed by atoms with Crippen LogP contribution in [0, 0.1) is 0 Å². The number of rotatable bonds is 5. The first-order valence-corrected chi connectivity index (χ1v) is 12.2. The molecule has 8 heteroatoms. The van der Waals surface area contributed by atoms with Crippen LogP contribution in [0.2, 0.25) is 0 Å². The quantitative estimate of drug-likeness (QED) is 0.693. The van der Waals surface area contributed by atoms with E-state index in [1.165, 1.54) is 11.3 Å². The SMILES string of the molecule is O=C(OCC(=O)N(C1CCCC1)C1CCS(=O)(=O)C1)c1cc2ccccc2s1. The molecule has 0 radical (unpaired) electrons. The second-order valence-electron chi connectivity index (χ2n) is 7.52. The molecule has 1 atom stereocenters. The predicted octanol–water partition coefficient (Wildman–Crippen LogP) is 3.02. The minimum atomic E-state index is -3.09. The molecule has 1 unspecified atom stereocenters. The van der Waals surface area contributed by atoms with E-state index in [1.54, 1.807) is 11.0 Å². The molecule has 1 aromatic heterocycles. The number of amides is 1. The summed E-state index contributed by atoms with van der Waals surface area (Å²) in [6, 6.07) is 9.19. The van der Waals surface area contributed by atoms with Crippen molar-refractivity contribution in [2.45, 2.75) is 44.2 Å². The minimum Gasteiger partial charge on any atom is -0.451 e. The first kappa shape index (κ1) is 19.4. The highest BCUT2D eigenvalue weighted by molar-refractivity contribution is 7.91. The second kappa shape index (κ2) is 7.83. The Bertz CT molecular complexity index is 958. The normalized spacial score (nSPS) is 21.8. The van der Waals surface area contributed by atoms with Crippen molar-refractivity contribution in [3.8, 4) is 0 Å². The first-order valence-electron chi connectivity index (χ1n) is 9.60. The molecule has 0 bridgehead atoms. The van der Waals surface area contributed by atoms with E-state index in [4.69, 9.17) is 4.74 Å². The monoisotopic (exact) mass is 421 g/mol. The molecule has 1 aromatic carbocycles. The lowest BCUT2D eigenvalue weighted by Crippen LogP contribution is -2.48. The number of fused-ring (bicyclic) bond motifs is 1. The van der Waals surface area contributed by atoms with Crippen LogP contribution in [0.25, 0.3) is 10.1 Å². The maximum absolute atomic E-state index is 12.9. The molecule has 2 heterocycles. The van der Waals surface area contributed by atoms with Crippen LogP contribution >= 0.6 is 11.3 Å². The van der Waals surface area contributed by atoms with Gasteiger partial charge in [0.2, 0.25) is 0 Å². The molecule has 2 fully saturated rings. The van der Waals surface area contributed by atoms with E-state index >= 15 is 0 Å². The van der Waals surface area contributed by atoms with Crippen molar-refractivity contribution in [1.82, 2.24) is 4.90 Å². The van der Waals surface area contributed by atoms with Gasteiger partial charge in [0.1, 0.15) is 4.88 Å². The Labute approximate surface area is 168 Å². The van der Waals surface area contributed by atoms with Crippen LogP contribution in [0.3, 0.4) is 0 Å². The fourth-order valence-corrected chi connectivity index (χ4v) is 6.91. The number of hydrogen-bond acceptors (Lipinski definition) is 6. The number of benzene rings is 1. The molecule has 28 heavy (non-hydrogen) atoms. The summed E-state index contributed by atoms with van der Waals surface area (Å²) >= 11 is 1.34. The lowest BCUT2D eigenvalue weighted by atomic mass is 10.1. The number of ether oxygens (including phenoxy) is 1. The number of carbonyl (C=O) groups excluding carboxylic acids is 2. The molecule has 6 nitrogen and oxygen atoms in total. The number of nitrogens with zero attached hydrogens (tertiary/aromatic N) is 1. The molecule has 150 valence electrons. The average molecular weight is 422 g/mol. The summed E-state index contributed by atoms with van der Waals surface area (Å²) < 4.78 is 30.1. The van der Waals surface area contributed by atoms with Crippen LogP contribution in [0.4, 0.5) is 0 Å². The molecule has 2 aromatic rings. The van der Waals surface area contributed by atoms with Gasteiger partial charge in [0, 0.05) is 16.8 Å². The average Bonchev–Trinajstić information content (AvgIpc) is 3.39. The van der Waals surface area contributed by atoms with E-state index < -0.39 is 15.8 Å². The summed E-state index contributed by atoms with van der Waals surface area (Å²) in [6.07, 6.45) is 4.30. The summed E-state index contributed by atoms with van der Waals surface area (Å²) in [5, 5.41) is 0.967. The number of hydrogen-bond donors (Lipinski definition) is 0. The van der Waals surface area contributed by atoms with Crippen molar-refractivity contribution in [1.29, 1.82) is 0 Å². The Morgan fingerprint density at radius 1 is 1.11 bits per heavy atom. The van der Waals surface area contributed by atoms with E-state index in [2.05, 4.69) is 0 Å². The van der Waals surface area contributed by atoms with Crippen LogP contribution in [0.5, 0.6) is 0 Å². The zero-order chi connectivity index (χ0) is 19.7. The van der Waals surface area contributed by atoms with Crippen molar-refractivity contribution in [3.63, 3.8) is 0 Å². The zero-order valence-electron chi connectivity index (χ0n) is 15.5. The third-order valence-electron chi connectivity index (χ3n) is 5.56. The molecular formula is C20H23NO5S2. The smallest absolute Gasteiger partial charge is 0.348 e. The molecular weight excluding hydrogens is 398 g/mol.